The van der Waals surface area contributed by atoms with Gasteiger partial charge in [0.2, 0.25) is 0 Å². The first-order chi connectivity index (χ1) is 12.8. The summed E-state index contributed by atoms with van der Waals surface area (Å²) in [6, 6.07) is 18.3. The van der Waals surface area contributed by atoms with Crippen molar-refractivity contribution in [2.24, 2.45) is 0 Å². The fourth-order valence-electron chi connectivity index (χ4n) is 3.16. The summed E-state index contributed by atoms with van der Waals surface area (Å²) in [6.07, 6.45) is 3.50. The molecule has 5 rings (SSSR count). The summed E-state index contributed by atoms with van der Waals surface area (Å²) in [7, 11) is 2.01. The van der Waals surface area contributed by atoms with Crippen LogP contribution in [-0.4, -0.2) is 36.8 Å². The molecule has 3 aromatic heterocycles. The molecule has 7 nitrogen and oxygen atoms in total. The van der Waals surface area contributed by atoms with Crippen molar-refractivity contribution >= 4 is 28.2 Å². The van der Waals surface area contributed by atoms with Crippen molar-refractivity contribution in [3.8, 4) is 11.3 Å². The van der Waals surface area contributed by atoms with Gasteiger partial charge in [-0.1, -0.05) is 24.3 Å². The number of para-hydroxylation sites is 1. The lowest BCUT2D eigenvalue weighted by Crippen LogP contribution is -2.12. The molecule has 0 saturated carbocycles. The molecule has 5 aromatic rings. The quantitative estimate of drug-likeness (QED) is 0.544. The normalized spacial score (nSPS) is 11.3. The van der Waals surface area contributed by atoms with Crippen molar-refractivity contribution in [2.75, 3.05) is 11.9 Å². The van der Waals surface area contributed by atoms with E-state index in [0.717, 1.165) is 33.7 Å². The smallest absolute Gasteiger partial charge is 0.257 e. The van der Waals surface area contributed by atoms with E-state index < -0.39 is 0 Å². The molecule has 0 unspecified atom stereocenters. The first kappa shape index (κ1) is 14.6. The maximum Gasteiger partial charge on any atom is 0.257 e. The van der Waals surface area contributed by atoms with Crippen molar-refractivity contribution in [3.63, 3.8) is 0 Å². The van der Waals surface area contributed by atoms with Crippen molar-refractivity contribution < 1.29 is 0 Å². The van der Waals surface area contributed by atoms with Crippen LogP contribution in [0.1, 0.15) is 0 Å². The number of hydrogen-bond acceptors (Lipinski definition) is 5. The summed E-state index contributed by atoms with van der Waals surface area (Å²) in [5, 5.41) is 16.3. The molecule has 0 fully saturated rings. The molecule has 0 aliphatic rings. The lowest BCUT2D eigenvalue weighted by molar-refractivity contribution is 1.08. The molecule has 0 radical (unpaired) electrons. The number of benzene rings is 2. The van der Waals surface area contributed by atoms with Crippen LogP contribution >= 0.6 is 0 Å². The van der Waals surface area contributed by atoms with Crippen molar-refractivity contribution in [3.05, 3.63) is 67.1 Å². The third-order valence-corrected chi connectivity index (χ3v) is 4.49. The highest BCUT2D eigenvalue weighted by atomic mass is 15.3. The third kappa shape index (κ3) is 2.21. The Balaban J connectivity index is 1.78. The maximum atomic E-state index is 4.73. The average Bonchev–Trinajstić information content (AvgIpc) is 3.39. The van der Waals surface area contributed by atoms with E-state index in [9.17, 15) is 0 Å². The monoisotopic (exact) mass is 341 g/mol. The van der Waals surface area contributed by atoms with Gasteiger partial charge in [0.05, 0.1) is 11.2 Å². The highest BCUT2D eigenvalue weighted by Crippen LogP contribution is 2.32. The van der Waals surface area contributed by atoms with Crippen LogP contribution in [0, 0.1) is 0 Å². The first-order valence-corrected chi connectivity index (χ1v) is 8.24. The van der Waals surface area contributed by atoms with Gasteiger partial charge in [0.15, 0.2) is 0 Å². The van der Waals surface area contributed by atoms with E-state index in [4.69, 9.17) is 4.98 Å². The van der Waals surface area contributed by atoms with Gasteiger partial charge >= 0.3 is 0 Å². The predicted octanol–water partition coefficient (Wildman–Crippen LogP) is 3.44. The Morgan fingerprint density at radius 3 is 2.73 bits per heavy atom. The largest absolute Gasteiger partial charge is 0.329 e. The number of fused-ring (bicyclic) bond motifs is 3. The van der Waals surface area contributed by atoms with E-state index in [1.807, 2.05) is 41.9 Å². The second kappa shape index (κ2) is 5.66. The zero-order chi connectivity index (χ0) is 17.5. The highest BCUT2D eigenvalue weighted by Gasteiger charge is 2.15. The Morgan fingerprint density at radius 2 is 1.92 bits per heavy atom. The minimum atomic E-state index is 0.564. The van der Waals surface area contributed by atoms with Crippen LogP contribution in [0.3, 0.4) is 0 Å². The molecule has 3 heterocycles. The van der Waals surface area contributed by atoms with Crippen molar-refractivity contribution in [2.45, 2.75) is 0 Å². The molecule has 126 valence electrons. The molecule has 1 N–H and O–H groups in total. The fourth-order valence-corrected chi connectivity index (χ4v) is 3.16. The minimum absolute atomic E-state index is 0.564. The molecule has 0 aliphatic carbocycles. The van der Waals surface area contributed by atoms with E-state index in [-0.39, 0.29) is 0 Å². The second-order valence-corrected chi connectivity index (χ2v) is 6.02. The van der Waals surface area contributed by atoms with E-state index in [2.05, 4.69) is 55.6 Å². The summed E-state index contributed by atoms with van der Waals surface area (Å²) in [5.41, 5.74) is 3.95. The van der Waals surface area contributed by atoms with Gasteiger partial charge in [-0.05, 0) is 30.3 Å². The van der Waals surface area contributed by atoms with Crippen LogP contribution in [-0.2, 0) is 0 Å². The van der Waals surface area contributed by atoms with Crippen molar-refractivity contribution in [1.29, 1.82) is 0 Å². The van der Waals surface area contributed by atoms with Crippen LogP contribution in [0.4, 0.5) is 11.5 Å². The molecular formula is C19H15N7. The van der Waals surface area contributed by atoms with E-state index in [1.54, 1.807) is 6.33 Å². The molecule has 7 heteroatoms. The average molecular weight is 341 g/mol. The number of nitrogens with zero attached hydrogens (tertiary/aromatic N) is 6. The molecule has 26 heavy (non-hydrogen) atoms. The SMILES string of the molecule is CN(c1ccccc1)c1nc2nncn2c2cc(-c3cc[nH]n3)ccc12. The summed E-state index contributed by atoms with van der Waals surface area (Å²) in [6.45, 7) is 0. The molecule has 0 atom stereocenters. The number of nitrogens with one attached hydrogen (secondary N) is 1. The molecule has 0 saturated heterocycles. The van der Waals surface area contributed by atoms with Gasteiger partial charge in [-0.3, -0.25) is 9.50 Å². The van der Waals surface area contributed by atoms with Crippen LogP contribution in [0.5, 0.6) is 0 Å². The lowest BCUT2D eigenvalue weighted by Gasteiger charge is -2.20. The molecule has 0 amide bonds. The Morgan fingerprint density at radius 1 is 1.04 bits per heavy atom. The first-order valence-electron chi connectivity index (χ1n) is 8.24. The number of hydrogen-bond donors (Lipinski definition) is 1. The number of rotatable bonds is 3. The Bertz CT molecular complexity index is 1190. The van der Waals surface area contributed by atoms with Gasteiger partial charge in [0, 0.05) is 29.9 Å². The summed E-state index contributed by atoms with van der Waals surface area (Å²) in [5.74, 6) is 1.40. The van der Waals surface area contributed by atoms with Crippen LogP contribution in [0.15, 0.2) is 67.1 Å². The summed E-state index contributed by atoms with van der Waals surface area (Å²) < 4.78 is 1.90. The number of aromatic nitrogens is 6. The van der Waals surface area contributed by atoms with E-state index in [1.165, 1.54) is 0 Å². The summed E-state index contributed by atoms with van der Waals surface area (Å²) in [4.78, 5) is 6.79. The van der Waals surface area contributed by atoms with Crippen LogP contribution in [0.25, 0.3) is 27.9 Å². The van der Waals surface area contributed by atoms with Crippen LogP contribution < -0.4 is 4.90 Å². The zero-order valence-electron chi connectivity index (χ0n) is 14.0. The zero-order valence-corrected chi connectivity index (χ0v) is 14.0. The maximum absolute atomic E-state index is 4.73. The molecule has 2 aromatic carbocycles. The van der Waals surface area contributed by atoms with Gasteiger partial charge in [0.25, 0.3) is 5.78 Å². The van der Waals surface area contributed by atoms with Gasteiger partial charge in [0.1, 0.15) is 12.1 Å². The molecule has 0 aliphatic heterocycles. The van der Waals surface area contributed by atoms with Crippen molar-refractivity contribution in [1.82, 2.24) is 29.8 Å². The second-order valence-electron chi connectivity index (χ2n) is 6.02. The van der Waals surface area contributed by atoms with E-state index >= 15 is 0 Å². The standard InChI is InChI=1S/C19H15N7/c1-25(14-5-3-2-4-6-14)18-15-8-7-13(16-9-10-20-23-16)11-17(15)26-12-21-24-19(26)22-18/h2-12H,1H3,(H,20,23). The van der Waals surface area contributed by atoms with Gasteiger partial charge < -0.3 is 4.90 Å². The van der Waals surface area contributed by atoms with Gasteiger partial charge in [-0.2, -0.15) is 10.1 Å². The predicted molar refractivity (Wildman–Crippen MR) is 100 cm³/mol. The summed E-state index contributed by atoms with van der Waals surface area (Å²) >= 11 is 0. The van der Waals surface area contributed by atoms with Gasteiger partial charge in [-0.15, -0.1) is 10.2 Å². The lowest BCUT2D eigenvalue weighted by atomic mass is 10.1. The molecule has 0 spiro atoms. The third-order valence-electron chi connectivity index (χ3n) is 4.49. The number of anilines is 2. The molecule has 0 bridgehead atoms. The Hall–Kier alpha value is -3.74. The van der Waals surface area contributed by atoms with E-state index in [0.29, 0.717) is 5.78 Å². The number of H-pyrrole nitrogens is 1. The fraction of sp³-hybridized carbons (Fsp3) is 0.0526. The Labute approximate surface area is 148 Å². The highest BCUT2D eigenvalue weighted by molar-refractivity contribution is 5.95. The minimum Gasteiger partial charge on any atom is -0.329 e. The Kier molecular flexibility index (Phi) is 3.18. The number of aromatic amines is 1. The topological polar surface area (TPSA) is 75.0 Å². The van der Waals surface area contributed by atoms with Crippen LogP contribution in [0.2, 0.25) is 0 Å². The van der Waals surface area contributed by atoms with Gasteiger partial charge in [-0.25, -0.2) is 0 Å². The molecular weight excluding hydrogens is 326 g/mol.